The van der Waals surface area contributed by atoms with Gasteiger partial charge in [-0.15, -0.1) is 0 Å². The Balaban J connectivity index is 1.27. The number of hydrogen-bond donors (Lipinski definition) is 2. The summed E-state index contributed by atoms with van der Waals surface area (Å²) in [7, 11) is 1.66. The second-order valence-corrected chi connectivity index (χ2v) is 10.4. The smallest absolute Gasteiger partial charge is 0.235 e. The summed E-state index contributed by atoms with van der Waals surface area (Å²) in [4.78, 5) is 15.5. The summed E-state index contributed by atoms with van der Waals surface area (Å²) in [5.74, 6) is 1.01. The van der Waals surface area contributed by atoms with Gasteiger partial charge in [0.2, 0.25) is 5.91 Å². The van der Waals surface area contributed by atoms with Crippen molar-refractivity contribution in [3.8, 4) is 17.0 Å². The van der Waals surface area contributed by atoms with E-state index < -0.39 is 5.41 Å². The molecule has 1 fully saturated rings. The van der Waals surface area contributed by atoms with Crippen LogP contribution in [0.15, 0.2) is 60.7 Å². The fourth-order valence-corrected chi connectivity index (χ4v) is 5.99. The minimum Gasteiger partial charge on any atom is -0.497 e. The molecular weight excluding hydrogens is 460 g/mol. The van der Waals surface area contributed by atoms with Gasteiger partial charge in [-0.25, -0.2) is 0 Å². The van der Waals surface area contributed by atoms with Gasteiger partial charge in [0.05, 0.1) is 23.7 Å². The number of unbranched alkanes of at least 4 members (excludes halogenated alkanes) is 1. The third-order valence-corrected chi connectivity index (χ3v) is 8.09. The molecule has 1 amide bonds. The fourth-order valence-electron chi connectivity index (χ4n) is 5.99. The summed E-state index contributed by atoms with van der Waals surface area (Å²) < 4.78 is 5.43. The zero-order valence-corrected chi connectivity index (χ0v) is 21.8. The van der Waals surface area contributed by atoms with Crippen molar-refractivity contribution in [2.75, 3.05) is 30.4 Å². The van der Waals surface area contributed by atoms with Crippen LogP contribution in [0.5, 0.6) is 5.75 Å². The second kappa shape index (κ2) is 9.25. The normalized spacial score (nSPS) is 19.8. The van der Waals surface area contributed by atoms with Gasteiger partial charge in [0.15, 0.2) is 0 Å². The number of methoxy groups -OCH3 is 1. The van der Waals surface area contributed by atoms with E-state index in [0.29, 0.717) is 0 Å². The van der Waals surface area contributed by atoms with Gasteiger partial charge in [0.25, 0.3) is 0 Å². The molecule has 6 rings (SSSR count). The summed E-state index contributed by atoms with van der Waals surface area (Å²) in [6.45, 7) is 6.64. The molecule has 190 valence electrons. The molecule has 2 atom stereocenters. The van der Waals surface area contributed by atoms with E-state index in [1.165, 1.54) is 18.5 Å². The number of nitrogens with zero attached hydrogens (tertiary/aromatic N) is 2. The Hall–Kier alpha value is -3.80. The molecule has 0 saturated heterocycles. The molecule has 1 aliphatic carbocycles. The number of amides is 1. The van der Waals surface area contributed by atoms with E-state index in [4.69, 9.17) is 4.74 Å². The Labute approximate surface area is 218 Å². The van der Waals surface area contributed by atoms with Crippen LogP contribution < -0.4 is 15.0 Å². The molecular formula is C31H34N4O2. The lowest BCUT2D eigenvalue weighted by molar-refractivity contribution is -0.118. The zero-order chi connectivity index (χ0) is 25.6. The van der Waals surface area contributed by atoms with Crippen molar-refractivity contribution in [2.45, 2.75) is 50.9 Å². The topological polar surface area (TPSA) is 70.2 Å². The van der Waals surface area contributed by atoms with E-state index in [-0.39, 0.29) is 11.8 Å². The lowest BCUT2D eigenvalue weighted by Crippen LogP contribution is -2.25. The Morgan fingerprint density at radius 1 is 1.03 bits per heavy atom. The number of ether oxygens (including phenoxy) is 1. The predicted octanol–water partition coefficient (Wildman–Crippen LogP) is 6.63. The van der Waals surface area contributed by atoms with Crippen LogP contribution in [0.1, 0.15) is 56.6 Å². The van der Waals surface area contributed by atoms with Gasteiger partial charge in [0, 0.05) is 41.3 Å². The van der Waals surface area contributed by atoms with Crippen molar-refractivity contribution in [2.24, 2.45) is 0 Å². The minimum absolute atomic E-state index is 0.0855. The maximum Gasteiger partial charge on any atom is 0.235 e. The van der Waals surface area contributed by atoms with Crippen molar-refractivity contribution in [1.82, 2.24) is 10.2 Å². The number of aromatic amines is 1. The summed E-state index contributed by atoms with van der Waals surface area (Å²) in [6, 6.07) is 21.1. The second-order valence-electron chi connectivity index (χ2n) is 10.4. The van der Waals surface area contributed by atoms with Crippen LogP contribution in [0.3, 0.4) is 0 Å². The number of carbonyl (C=O) groups is 1. The van der Waals surface area contributed by atoms with Crippen LogP contribution in [-0.4, -0.2) is 36.3 Å². The van der Waals surface area contributed by atoms with Crippen molar-refractivity contribution >= 4 is 28.2 Å². The SMILES string of the molecule is CCCCN(CCC)c1ccc(-c2n[nH]c3cc(C4C[C@]45C(=O)Nc4ccc(OC)cc45)ccc23)cc1. The van der Waals surface area contributed by atoms with Crippen molar-refractivity contribution in [3.63, 3.8) is 0 Å². The highest BCUT2D eigenvalue weighted by molar-refractivity contribution is 6.10. The molecule has 1 unspecified atom stereocenters. The molecule has 0 radical (unpaired) electrons. The Morgan fingerprint density at radius 3 is 2.62 bits per heavy atom. The number of fused-ring (bicyclic) bond motifs is 3. The van der Waals surface area contributed by atoms with Gasteiger partial charge in [-0.1, -0.05) is 44.5 Å². The average Bonchev–Trinajstić information content (AvgIpc) is 3.45. The molecule has 2 N–H and O–H groups in total. The van der Waals surface area contributed by atoms with Gasteiger partial charge in [-0.3, -0.25) is 9.89 Å². The fraction of sp³-hybridized carbons (Fsp3) is 0.355. The third-order valence-electron chi connectivity index (χ3n) is 8.09. The highest BCUT2D eigenvalue weighted by Crippen LogP contribution is 2.65. The van der Waals surface area contributed by atoms with Gasteiger partial charge in [-0.05, 0) is 66.8 Å². The summed E-state index contributed by atoms with van der Waals surface area (Å²) in [5.41, 5.74) is 6.94. The van der Waals surface area contributed by atoms with E-state index in [0.717, 1.165) is 70.7 Å². The van der Waals surface area contributed by atoms with Crippen molar-refractivity contribution in [1.29, 1.82) is 0 Å². The van der Waals surface area contributed by atoms with E-state index >= 15 is 0 Å². The summed E-state index contributed by atoms with van der Waals surface area (Å²) in [6.07, 6.45) is 4.35. The highest BCUT2D eigenvalue weighted by Gasteiger charge is 2.65. The average molecular weight is 495 g/mol. The first-order valence-corrected chi connectivity index (χ1v) is 13.4. The van der Waals surface area contributed by atoms with Crippen LogP contribution >= 0.6 is 0 Å². The highest BCUT2D eigenvalue weighted by atomic mass is 16.5. The first kappa shape index (κ1) is 23.6. The number of benzene rings is 3. The number of rotatable bonds is 9. The van der Waals surface area contributed by atoms with E-state index in [1.54, 1.807) is 7.11 Å². The first-order chi connectivity index (χ1) is 18.1. The maximum atomic E-state index is 13.1. The molecule has 37 heavy (non-hydrogen) atoms. The number of carbonyl (C=O) groups excluding carboxylic acids is 1. The Morgan fingerprint density at radius 2 is 1.86 bits per heavy atom. The maximum absolute atomic E-state index is 13.1. The number of hydrogen-bond acceptors (Lipinski definition) is 4. The van der Waals surface area contributed by atoms with Crippen LogP contribution in [-0.2, 0) is 10.2 Å². The molecule has 1 saturated carbocycles. The molecule has 6 nitrogen and oxygen atoms in total. The molecule has 2 aliphatic rings. The molecule has 3 aromatic carbocycles. The van der Waals surface area contributed by atoms with Crippen LogP contribution in [0.25, 0.3) is 22.2 Å². The molecule has 1 aromatic heterocycles. The van der Waals surface area contributed by atoms with E-state index in [2.05, 4.69) is 76.7 Å². The van der Waals surface area contributed by atoms with Crippen LogP contribution in [0.2, 0.25) is 0 Å². The number of nitrogens with one attached hydrogen (secondary N) is 2. The Kier molecular flexibility index (Phi) is 5.90. The van der Waals surface area contributed by atoms with Crippen LogP contribution in [0.4, 0.5) is 11.4 Å². The molecule has 2 heterocycles. The number of anilines is 2. The van der Waals surface area contributed by atoms with Crippen molar-refractivity contribution in [3.05, 3.63) is 71.8 Å². The van der Waals surface area contributed by atoms with Gasteiger partial charge < -0.3 is 15.0 Å². The molecule has 6 heteroatoms. The quantitative estimate of drug-likeness (QED) is 0.274. The lowest BCUT2D eigenvalue weighted by atomic mass is 9.91. The third kappa shape index (κ3) is 3.86. The minimum atomic E-state index is -0.502. The van der Waals surface area contributed by atoms with Gasteiger partial charge in [-0.2, -0.15) is 5.10 Å². The first-order valence-electron chi connectivity index (χ1n) is 13.4. The number of aromatic nitrogens is 2. The summed E-state index contributed by atoms with van der Waals surface area (Å²) in [5, 5.41) is 12.1. The molecule has 0 bridgehead atoms. The lowest BCUT2D eigenvalue weighted by Gasteiger charge is -2.24. The summed E-state index contributed by atoms with van der Waals surface area (Å²) >= 11 is 0. The largest absolute Gasteiger partial charge is 0.497 e. The Bertz CT molecular complexity index is 1460. The zero-order valence-electron chi connectivity index (χ0n) is 21.8. The monoisotopic (exact) mass is 494 g/mol. The van der Waals surface area contributed by atoms with Gasteiger partial charge in [0.1, 0.15) is 5.75 Å². The number of H-pyrrole nitrogens is 1. The van der Waals surface area contributed by atoms with Gasteiger partial charge >= 0.3 is 0 Å². The molecule has 4 aromatic rings. The van der Waals surface area contributed by atoms with E-state index in [9.17, 15) is 4.79 Å². The molecule has 1 spiro atoms. The van der Waals surface area contributed by atoms with Crippen molar-refractivity contribution < 1.29 is 9.53 Å². The van der Waals surface area contributed by atoms with Crippen LogP contribution in [0, 0.1) is 0 Å². The van der Waals surface area contributed by atoms with E-state index in [1.807, 2.05) is 18.2 Å². The predicted molar refractivity (Wildman–Crippen MR) is 150 cm³/mol. The standard InChI is InChI=1S/C31H34N4O2/c1-4-6-16-35(15-5-2)22-10-7-20(8-11-22)29-24-13-9-21(17-28(24)33-34-29)26-19-31(26)25-18-23(37-3)12-14-27(25)32-30(31)36/h7-14,17-18,26H,4-6,15-16,19H2,1-3H3,(H,32,36)(H,33,34)/t26?,31-/m1/s1. The molecule has 1 aliphatic heterocycles.